The van der Waals surface area contributed by atoms with Gasteiger partial charge in [0.1, 0.15) is 17.4 Å². The second-order valence-electron chi connectivity index (χ2n) is 7.88. The lowest BCUT2D eigenvalue weighted by Gasteiger charge is -2.25. The molecule has 0 spiro atoms. The molecule has 0 radical (unpaired) electrons. The van der Waals surface area contributed by atoms with E-state index in [0.717, 1.165) is 17.7 Å². The molecule has 4 N–H and O–H groups in total. The molecule has 0 bridgehead atoms. The van der Waals surface area contributed by atoms with Gasteiger partial charge in [0, 0.05) is 42.2 Å². The van der Waals surface area contributed by atoms with E-state index in [0.29, 0.717) is 40.0 Å². The van der Waals surface area contributed by atoms with Crippen LogP contribution < -0.4 is 16.2 Å². The summed E-state index contributed by atoms with van der Waals surface area (Å²) < 4.78 is 51.5. The minimum Gasteiger partial charge on any atom is -0.496 e. The molecule has 0 aliphatic rings. The Balaban J connectivity index is 2.37. The quantitative estimate of drug-likeness (QED) is 0.523. The van der Waals surface area contributed by atoms with Crippen molar-refractivity contribution in [3.8, 4) is 5.75 Å². The van der Waals surface area contributed by atoms with Crippen molar-refractivity contribution in [2.24, 2.45) is 0 Å². The molecular formula is C23H27F3N4O2. The zero-order chi connectivity index (χ0) is 23.8. The van der Waals surface area contributed by atoms with Crippen LogP contribution in [-0.4, -0.2) is 30.3 Å². The smallest absolute Gasteiger partial charge is 0.416 e. The number of fused-ring (bicyclic) bond motifs is 1. The fourth-order valence-electron chi connectivity index (χ4n) is 3.99. The fraction of sp³-hybridized carbons (Fsp3) is 0.391. The number of aryl methyl sites for hydroxylation is 1. The summed E-state index contributed by atoms with van der Waals surface area (Å²) in [6, 6.07) is 5.35. The van der Waals surface area contributed by atoms with Gasteiger partial charge in [0.25, 0.3) is 0 Å². The number of benzene rings is 2. The summed E-state index contributed by atoms with van der Waals surface area (Å²) >= 11 is 0. The van der Waals surface area contributed by atoms with E-state index in [1.807, 2.05) is 13.8 Å². The molecule has 3 rings (SSSR count). The summed E-state index contributed by atoms with van der Waals surface area (Å²) in [6.45, 7) is 5.43. The van der Waals surface area contributed by atoms with E-state index in [1.54, 1.807) is 26.2 Å². The number of aromatic nitrogens is 2. The summed E-state index contributed by atoms with van der Waals surface area (Å²) in [5, 5.41) is 0.582. The van der Waals surface area contributed by atoms with Crippen molar-refractivity contribution in [2.75, 3.05) is 25.7 Å². The molecule has 1 heterocycles. The maximum absolute atomic E-state index is 13.5. The third-order valence-electron chi connectivity index (χ3n) is 5.59. The first-order valence-corrected chi connectivity index (χ1v) is 10.1. The average molecular weight is 448 g/mol. The van der Waals surface area contributed by atoms with Crippen molar-refractivity contribution in [1.82, 2.24) is 9.97 Å². The van der Waals surface area contributed by atoms with Crippen molar-refractivity contribution in [1.29, 1.82) is 0 Å². The third kappa shape index (κ3) is 4.57. The van der Waals surface area contributed by atoms with Crippen LogP contribution in [0.1, 0.15) is 47.8 Å². The maximum Gasteiger partial charge on any atom is 0.416 e. The van der Waals surface area contributed by atoms with Gasteiger partial charge in [-0.3, -0.25) is 0 Å². The molecule has 0 saturated carbocycles. The molecule has 2 atom stereocenters. The molecule has 0 aliphatic heterocycles. The van der Waals surface area contributed by atoms with Crippen LogP contribution in [0.25, 0.3) is 10.9 Å². The molecule has 172 valence electrons. The van der Waals surface area contributed by atoms with E-state index in [-0.39, 0.29) is 17.6 Å². The van der Waals surface area contributed by atoms with E-state index in [9.17, 15) is 13.2 Å². The molecular weight excluding hydrogens is 421 g/mol. The number of nitrogen functional groups attached to an aromatic ring is 2. The predicted octanol–water partition coefficient (Wildman–Crippen LogP) is 4.86. The van der Waals surface area contributed by atoms with E-state index >= 15 is 0 Å². The Morgan fingerprint density at radius 1 is 1.03 bits per heavy atom. The van der Waals surface area contributed by atoms with Gasteiger partial charge >= 0.3 is 6.18 Å². The Labute approximate surface area is 184 Å². The Kier molecular flexibility index (Phi) is 6.50. The van der Waals surface area contributed by atoms with Gasteiger partial charge < -0.3 is 20.9 Å². The molecule has 2 aromatic carbocycles. The zero-order valence-corrected chi connectivity index (χ0v) is 18.7. The van der Waals surface area contributed by atoms with Crippen molar-refractivity contribution in [2.45, 2.75) is 45.4 Å². The van der Waals surface area contributed by atoms with Crippen molar-refractivity contribution < 1.29 is 22.6 Å². The lowest BCUT2D eigenvalue weighted by Crippen LogP contribution is -2.15. The van der Waals surface area contributed by atoms with Gasteiger partial charge in [-0.05, 0) is 43.2 Å². The van der Waals surface area contributed by atoms with Crippen LogP contribution in [-0.2, 0) is 17.3 Å². The first-order valence-electron chi connectivity index (χ1n) is 10.1. The molecule has 0 unspecified atom stereocenters. The van der Waals surface area contributed by atoms with Crippen LogP contribution in [0.2, 0.25) is 0 Å². The molecule has 9 heteroatoms. The van der Waals surface area contributed by atoms with Gasteiger partial charge in [-0.1, -0.05) is 6.92 Å². The summed E-state index contributed by atoms with van der Waals surface area (Å²) in [6.07, 6.45) is -4.24. The number of ether oxygens (including phenoxy) is 2. The van der Waals surface area contributed by atoms with Crippen LogP contribution in [0.3, 0.4) is 0 Å². The SMILES string of the molecule is COc1cc2nc(C)nc(N)c2c([C@H](C)c2cc(N)cc(C(F)(F)F)c2)c1C[C@@H](C)OC. The van der Waals surface area contributed by atoms with E-state index in [1.165, 1.54) is 7.11 Å². The van der Waals surface area contributed by atoms with Gasteiger partial charge in [0.05, 0.1) is 24.3 Å². The monoisotopic (exact) mass is 448 g/mol. The normalized spacial score (nSPS) is 13.9. The van der Waals surface area contributed by atoms with Gasteiger partial charge in [0.15, 0.2) is 0 Å². The third-order valence-corrected chi connectivity index (χ3v) is 5.59. The number of halogens is 3. The second kappa shape index (κ2) is 8.82. The largest absolute Gasteiger partial charge is 0.496 e. The average Bonchev–Trinajstić information content (AvgIpc) is 2.71. The minimum absolute atomic E-state index is 0.0285. The Hall–Kier alpha value is -3.07. The van der Waals surface area contributed by atoms with Gasteiger partial charge in [-0.25, -0.2) is 9.97 Å². The number of anilines is 2. The Morgan fingerprint density at radius 3 is 2.31 bits per heavy atom. The summed E-state index contributed by atoms with van der Waals surface area (Å²) in [5.41, 5.74) is 13.8. The summed E-state index contributed by atoms with van der Waals surface area (Å²) in [4.78, 5) is 8.79. The van der Waals surface area contributed by atoms with Gasteiger partial charge in [-0.15, -0.1) is 0 Å². The standard InChI is InChI=1S/C23H27F3N4O2/c1-11(31-4)6-17-19(32-5)10-18-21(22(28)30-13(3)29-18)20(17)12(2)14-7-15(23(24,25)26)9-16(27)8-14/h7-12H,6,27H2,1-5H3,(H2,28,29,30)/t11-,12-/m1/s1. The highest BCUT2D eigenvalue weighted by Crippen LogP contribution is 2.42. The van der Waals surface area contributed by atoms with E-state index in [2.05, 4.69) is 9.97 Å². The molecule has 0 fully saturated rings. The summed E-state index contributed by atoms with van der Waals surface area (Å²) in [5.74, 6) is 0.783. The van der Waals surface area contributed by atoms with Crippen molar-refractivity contribution >= 4 is 22.4 Å². The van der Waals surface area contributed by atoms with Crippen LogP contribution in [0.4, 0.5) is 24.7 Å². The van der Waals surface area contributed by atoms with Crippen LogP contribution in [0.5, 0.6) is 5.75 Å². The number of alkyl halides is 3. The molecule has 32 heavy (non-hydrogen) atoms. The topological polar surface area (TPSA) is 96.3 Å². The number of hydrogen-bond donors (Lipinski definition) is 2. The Bertz CT molecular complexity index is 1150. The first-order chi connectivity index (χ1) is 15.0. The number of nitrogens with zero attached hydrogens (tertiary/aromatic N) is 2. The highest BCUT2D eigenvalue weighted by Gasteiger charge is 2.32. The van der Waals surface area contributed by atoms with Crippen molar-refractivity contribution in [3.05, 3.63) is 52.3 Å². The number of nitrogens with two attached hydrogens (primary N) is 2. The van der Waals surface area contributed by atoms with E-state index in [4.69, 9.17) is 20.9 Å². The Morgan fingerprint density at radius 2 is 1.72 bits per heavy atom. The fourth-order valence-corrected chi connectivity index (χ4v) is 3.99. The second-order valence-corrected chi connectivity index (χ2v) is 7.88. The molecule has 1 aromatic heterocycles. The summed E-state index contributed by atoms with van der Waals surface area (Å²) in [7, 11) is 3.13. The molecule has 6 nitrogen and oxygen atoms in total. The van der Waals surface area contributed by atoms with Crippen LogP contribution in [0.15, 0.2) is 24.3 Å². The number of hydrogen-bond acceptors (Lipinski definition) is 6. The predicted molar refractivity (Wildman–Crippen MR) is 119 cm³/mol. The van der Waals surface area contributed by atoms with Gasteiger partial charge in [0.2, 0.25) is 0 Å². The molecule has 0 amide bonds. The minimum atomic E-state index is -4.52. The first kappa shape index (κ1) is 23.6. The van der Waals surface area contributed by atoms with Gasteiger partial charge in [-0.2, -0.15) is 13.2 Å². The number of methoxy groups -OCH3 is 2. The highest BCUT2D eigenvalue weighted by molar-refractivity contribution is 5.94. The maximum atomic E-state index is 13.5. The van der Waals surface area contributed by atoms with Crippen LogP contribution in [0, 0.1) is 6.92 Å². The zero-order valence-electron chi connectivity index (χ0n) is 18.7. The molecule has 0 aliphatic carbocycles. The highest BCUT2D eigenvalue weighted by atomic mass is 19.4. The van der Waals surface area contributed by atoms with Crippen molar-refractivity contribution in [3.63, 3.8) is 0 Å². The molecule has 3 aromatic rings. The lowest BCUT2D eigenvalue weighted by molar-refractivity contribution is -0.137. The van der Waals surface area contributed by atoms with Crippen LogP contribution >= 0.6 is 0 Å². The lowest BCUT2D eigenvalue weighted by atomic mass is 9.84. The number of rotatable bonds is 6. The van der Waals surface area contributed by atoms with E-state index < -0.39 is 17.7 Å². The molecule has 0 saturated heterocycles.